The highest BCUT2D eigenvalue weighted by Crippen LogP contribution is 2.47. The topological polar surface area (TPSA) is 55.6 Å². The third kappa shape index (κ3) is 2.44. The van der Waals surface area contributed by atoms with Crippen molar-refractivity contribution in [2.45, 2.75) is 30.3 Å². The summed E-state index contributed by atoms with van der Waals surface area (Å²) in [5, 5.41) is 1.15. The van der Waals surface area contributed by atoms with E-state index in [4.69, 9.17) is 10.5 Å². The molecular formula is C14H20N2O2S2. The Labute approximate surface area is 127 Å². The number of methoxy groups -OCH3 is 1. The van der Waals surface area contributed by atoms with Gasteiger partial charge in [-0.05, 0) is 25.5 Å². The predicted octanol–water partition coefficient (Wildman–Crippen LogP) is 2.87. The van der Waals surface area contributed by atoms with E-state index in [2.05, 4.69) is 4.90 Å². The van der Waals surface area contributed by atoms with Crippen LogP contribution >= 0.6 is 23.1 Å². The van der Waals surface area contributed by atoms with E-state index in [1.54, 1.807) is 30.2 Å². The molecule has 1 aromatic heterocycles. The van der Waals surface area contributed by atoms with Crippen LogP contribution in [0.5, 0.6) is 0 Å². The van der Waals surface area contributed by atoms with Gasteiger partial charge >= 0.3 is 0 Å². The summed E-state index contributed by atoms with van der Waals surface area (Å²) in [5.41, 5.74) is 6.92. The van der Waals surface area contributed by atoms with E-state index >= 15 is 0 Å². The van der Waals surface area contributed by atoms with E-state index in [0.717, 1.165) is 47.1 Å². The van der Waals surface area contributed by atoms with Crippen molar-refractivity contribution >= 4 is 39.6 Å². The average Bonchev–Trinajstić information content (AvgIpc) is 3.10. The molecular weight excluding hydrogens is 292 g/mol. The number of Topliss-reactive ketones (excluding diaryl/α,β-unsaturated/α-hetero) is 1. The van der Waals surface area contributed by atoms with Crippen molar-refractivity contribution in [2.24, 2.45) is 5.92 Å². The number of thiophene rings is 1. The van der Waals surface area contributed by atoms with Crippen LogP contribution in [0.4, 0.5) is 10.7 Å². The highest BCUT2D eigenvalue weighted by molar-refractivity contribution is 7.99. The van der Waals surface area contributed by atoms with Crippen LogP contribution in [-0.2, 0) is 4.74 Å². The molecule has 1 unspecified atom stereocenters. The van der Waals surface area contributed by atoms with E-state index in [0.29, 0.717) is 5.69 Å². The van der Waals surface area contributed by atoms with Gasteiger partial charge in [-0.1, -0.05) is 0 Å². The van der Waals surface area contributed by atoms with Gasteiger partial charge in [0.05, 0.1) is 21.6 Å². The fourth-order valence-electron chi connectivity index (χ4n) is 2.64. The van der Waals surface area contributed by atoms with Crippen LogP contribution in [0.15, 0.2) is 4.90 Å². The van der Waals surface area contributed by atoms with E-state index in [9.17, 15) is 4.79 Å². The minimum absolute atomic E-state index is 0.226. The molecule has 1 atom stereocenters. The molecule has 110 valence electrons. The minimum atomic E-state index is 0.226. The molecule has 2 N–H and O–H groups in total. The second-order valence-corrected chi connectivity index (χ2v) is 7.23. The van der Waals surface area contributed by atoms with Crippen molar-refractivity contribution in [1.82, 2.24) is 0 Å². The molecule has 2 aliphatic rings. The quantitative estimate of drug-likeness (QED) is 0.669. The zero-order valence-electron chi connectivity index (χ0n) is 11.8. The first-order valence-corrected chi connectivity index (χ1v) is 8.98. The summed E-state index contributed by atoms with van der Waals surface area (Å²) in [5.74, 6) is 0.473. The maximum absolute atomic E-state index is 12.3. The Morgan fingerprint density at radius 2 is 2.20 bits per heavy atom. The van der Waals surface area contributed by atoms with E-state index in [1.807, 2.05) is 6.26 Å². The van der Waals surface area contributed by atoms with Crippen LogP contribution in [0.1, 0.15) is 28.9 Å². The van der Waals surface area contributed by atoms with Gasteiger partial charge in [0.25, 0.3) is 0 Å². The van der Waals surface area contributed by atoms with Gasteiger partial charge in [-0.15, -0.1) is 23.1 Å². The van der Waals surface area contributed by atoms with E-state index in [1.165, 1.54) is 0 Å². The van der Waals surface area contributed by atoms with Crippen molar-refractivity contribution in [3.63, 3.8) is 0 Å². The average molecular weight is 312 g/mol. The normalized spacial score (nSPS) is 22.5. The van der Waals surface area contributed by atoms with Crippen LogP contribution in [0.2, 0.25) is 0 Å². The Bertz CT molecular complexity index is 525. The number of nitrogens with zero attached hydrogens (tertiary/aromatic N) is 1. The van der Waals surface area contributed by atoms with Gasteiger partial charge in [-0.3, -0.25) is 4.79 Å². The van der Waals surface area contributed by atoms with Crippen LogP contribution in [0, 0.1) is 5.92 Å². The maximum atomic E-state index is 12.3. The second-order valence-electron chi connectivity index (χ2n) is 5.41. The Morgan fingerprint density at radius 3 is 2.75 bits per heavy atom. The summed E-state index contributed by atoms with van der Waals surface area (Å²) in [6.07, 6.45) is 5.40. The number of carbonyl (C=O) groups is 1. The zero-order valence-corrected chi connectivity index (χ0v) is 13.5. The third-order valence-corrected chi connectivity index (χ3v) is 6.26. The molecule has 1 saturated carbocycles. The van der Waals surface area contributed by atoms with Crippen LogP contribution in [-0.4, -0.2) is 38.3 Å². The summed E-state index contributed by atoms with van der Waals surface area (Å²) < 4.78 is 5.43. The number of thioether (sulfide) groups is 1. The van der Waals surface area contributed by atoms with Crippen molar-refractivity contribution < 1.29 is 9.53 Å². The molecule has 3 rings (SSSR count). The van der Waals surface area contributed by atoms with Crippen molar-refractivity contribution in [2.75, 3.05) is 37.1 Å². The van der Waals surface area contributed by atoms with Gasteiger partial charge in [-0.25, -0.2) is 0 Å². The Hall–Kier alpha value is -0.720. The number of rotatable bonds is 5. The number of nitrogens with two attached hydrogens (primary N) is 1. The molecule has 0 amide bonds. The lowest BCUT2D eigenvalue weighted by Gasteiger charge is -2.17. The number of ether oxygens (including phenoxy) is 1. The third-order valence-electron chi connectivity index (χ3n) is 4.02. The summed E-state index contributed by atoms with van der Waals surface area (Å²) >= 11 is 3.21. The Morgan fingerprint density at radius 1 is 1.45 bits per heavy atom. The van der Waals surface area contributed by atoms with Crippen LogP contribution in [0.25, 0.3) is 0 Å². The largest absolute Gasteiger partial charge is 0.396 e. The smallest absolute Gasteiger partial charge is 0.178 e. The highest BCUT2D eigenvalue weighted by Gasteiger charge is 2.35. The van der Waals surface area contributed by atoms with Crippen molar-refractivity contribution in [3.05, 3.63) is 4.88 Å². The summed E-state index contributed by atoms with van der Waals surface area (Å²) in [4.78, 5) is 16.5. The molecule has 1 aliphatic heterocycles. The molecule has 4 nitrogen and oxygen atoms in total. The molecule has 1 aliphatic carbocycles. The minimum Gasteiger partial charge on any atom is -0.396 e. The number of hydrogen-bond donors (Lipinski definition) is 1. The van der Waals surface area contributed by atoms with Crippen molar-refractivity contribution in [3.8, 4) is 0 Å². The van der Waals surface area contributed by atoms with Gasteiger partial charge in [0.2, 0.25) is 0 Å². The molecule has 1 aromatic rings. The van der Waals surface area contributed by atoms with Crippen LogP contribution < -0.4 is 10.6 Å². The maximum Gasteiger partial charge on any atom is 0.178 e. The Kier molecular flexibility index (Phi) is 3.97. The summed E-state index contributed by atoms with van der Waals surface area (Å²) in [6.45, 7) is 1.87. The summed E-state index contributed by atoms with van der Waals surface area (Å²) in [7, 11) is 1.76. The van der Waals surface area contributed by atoms with Gasteiger partial charge in [0, 0.05) is 26.1 Å². The first-order valence-electron chi connectivity index (χ1n) is 6.94. The second kappa shape index (κ2) is 5.58. The highest BCUT2D eigenvalue weighted by atomic mass is 32.2. The first kappa shape index (κ1) is 14.2. The van der Waals surface area contributed by atoms with Gasteiger partial charge in [0.15, 0.2) is 5.78 Å². The number of nitrogen functional groups attached to an aromatic ring is 1. The lowest BCUT2D eigenvalue weighted by Crippen LogP contribution is -2.21. The monoisotopic (exact) mass is 312 g/mol. The SMILES string of the molecule is COC1CCN(c2sc(C(=O)C3CC3)c(N)c2SC)C1. The van der Waals surface area contributed by atoms with Gasteiger partial charge < -0.3 is 15.4 Å². The fourth-order valence-corrected chi connectivity index (χ4v) is 4.88. The van der Waals surface area contributed by atoms with E-state index in [-0.39, 0.29) is 17.8 Å². The molecule has 0 bridgehead atoms. The first-order chi connectivity index (χ1) is 9.65. The molecule has 0 radical (unpaired) electrons. The van der Waals surface area contributed by atoms with Crippen molar-refractivity contribution in [1.29, 1.82) is 0 Å². The lowest BCUT2D eigenvalue weighted by atomic mass is 10.2. The molecule has 0 aromatic carbocycles. The molecule has 2 heterocycles. The number of hydrogen-bond acceptors (Lipinski definition) is 6. The van der Waals surface area contributed by atoms with E-state index < -0.39 is 0 Å². The number of carbonyl (C=O) groups excluding carboxylic acids is 1. The molecule has 2 fully saturated rings. The molecule has 1 saturated heterocycles. The lowest BCUT2D eigenvalue weighted by molar-refractivity contribution is 0.0972. The fraction of sp³-hybridized carbons (Fsp3) is 0.643. The Balaban J connectivity index is 1.90. The summed E-state index contributed by atoms with van der Waals surface area (Å²) in [6, 6.07) is 0. The standard InChI is InChI=1S/C14H20N2O2S2/c1-18-9-5-6-16(7-9)14-13(19-2)10(15)12(20-14)11(17)8-3-4-8/h8-9H,3-7,15H2,1-2H3. The van der Waals surface area contributed by atoms with Crippen LogP contribution in [0.3, 0.4) is 0 Å². The predicted molar refractivity (Wildman–Crippen MR) is 85.2 cm³/mol. The van der Waals surface area contributed by atoms with Gasteiger partial charge in [-0.2, -0.15) is 0 Å². The molecule has 6 heteroatoms. The van der Waals surface area contributed by atoms with Gasteiger partial charge in [0.1, 0.15) is 5.00 Å². The number of ketones is 1. The number of anilines is 2. The molecule has 0 spiro atoms. The molecule has 20 heavy (non-hydrogen) atoms. The zero-order chi connectivity index (χ0) is 14.3.